The van der Waals surface area contributed by atoms with Crippen LogP contribution in [-0.4, -0.2) is 20.1 Å². The second-order valence-electron chi connectivity index (χ2n) is 5.28. The van der Waals surface area contributed by atoms with Gasteiger partial charge in [0.2, 0.25) is 5.91 Å². The van der Waals surface area contributed by atoms with Crippen molar-refractivity contribution in [3.63, 3.8) is 0 Å². The monoisotopic (exact) mass is 386 g/mol. The highest BCUT2D eigenvalue weighted by Gasteiger charge is 2.17. The van der Waals surface area contributed by atoms with Crippen molar-refractivity contribution in [3.05, 3.63) is 52.0 Å². The summed E-state index contributed by atoms with van der Waals surface area (Å²) in [6, 6.07) is 9.39. The average molecular weight is 387 g/mol. The Balaban J connectivity index is 2.01. The number of hydrogen-bond donors (Lipinski definition) is 2. The number of hydrogen-bond acceptors (Lipinski definition) is 4. The van der Waals surface area contributed by atoms with Gasteiger partial charge in [-0.3, -0.25) is 4.79 Å². The second kappa shape index (κ2) is 7.42. The summed E-state index contributed by atoms with van der Waals surface area (Å²) < 4.78 is 24.4. The Morgan fingerprint density at radius 3 is 2.21 bits per heavy atom. The van der Waals surface area contributed by atoms with Crippen molar-refractivity contribution in [3.8, 4) is 0 Å². The van der Waals surface area contributed by atoms with Crippen molar-refractivity contribution in [2.75, 3.05) is 16.8 Å². The predicted molar refractivity (Wildman–Crippen MR) is 97.4 cm³/mol. The minimum Gasteiger partial charge on any atom is -0.396 e. The van der Waals surface area contributed by atoms with Gasteiger partial charge in [-0.2, -0.15) is 0 Å². The summed E-state index contributed by atoms with van der Waals surface area (Å²) in [7, 11) is -3.52. The van der Waals surface area contributed by atoms with Gasteiger partial charge in [0, 0.05) is 12.1 Å². The van der Waals surface area contributed by atoms with E-state index in [1.807, 2.05) is 6.92 Å². The number of sulfone groups is 1. The number of benzene rings is 2. The van der Waals surface area contributed by atoms with Gasteiger partial charge in [-0.15, -0.1) is 0 Å². The van der Waals surface area contributed by atoms with E-state index >= 15 is 0 Å². The van der Waals surface area contributed by atoms with Crippen molar-refractivity contribution in [2.24, 2.45) is 0 Å². The van der Waals surface area contributed by atoms with Crippen molar-refractivity contribution in [1.82, 2.24) is 0 Å². The van der Waals surface area contributed by atoms with E-state index in [1.54, 1.807) is 12.1 Å². The van der Waals surface area contributed by atoms with Crippen LogP contribution in [0.3, 0.4) is 0 Å². The van der Waals surface area contributed by atoms with E-state index in [0.29, 0.717) is 5.69 Å². The number of carbonyl (C=O) groups is 1. The number of aryl methyl sites for hydroxylation is 1. The molecule has 24 heavy (non-hydrogen) atoms. The van der Waals surface area contributed by atoms with Crippen molar-refractivity contribution in [2.45, 2.75) is 18.2 Å². The number of amides is 1. The number of carbonyl (C=O) groups excluding carboxylic acids is 1. The molecule has 0 aliphatic heterocycles. The van der Waals surface area contributed by atoms with E-state index in [1.165, 1.54) is 24.3 Å². The Bertz CT molecular complexity index is 842. The van der Waals surface area contributed by atoms with Gasteiger partial charge in [0.05, 0.1) is 26.4 Å². The average Bonchev–Trinajstić information content (AvgIpc) is 2.51. The molecule has 2 aromatic rings. The topological polar surface area (TPSA) is 89.3 Å². The molecule has 0 fully saturated rings. The maximum Gasteiger partial charge on any atom is 0.225 e. The molecule has 0 unspecified atom stereocenters. The normalized spacial score (nSPS) is 11.3. The van der Waals surface area contributed by atoms with Gasteiger partial charge in [0.15, 0.2) is 9.84 Å². The molecule has 3 N–H and O–H groups in total. The fraction of sp³-hybridized carbons (Fsp3) is 0.188. The molecule has 2 rings (SSSR count). The summed E-state index contributed by atoms with van der Waals surface area (Å²) >= 11 is 11.8. The Morgan fingerprint density at radius 2 is 1.67 bits per heavy atom. The zero-order valence-electron chi connectivity index (χ0n) is 12.8. The van der Waals surface area contributed by atoms with Crippen LogP contribution >= 0.6 is 23.2 Å². The third kappa shape index (κ3) is 4.63. The maximum atomic E-state index is 12.2. The molecule has 0 heterocycles. The zero-order chi connectivity index (χ0) is 17.9. The Kier molecular flexibility index (Phi) is 5.74. The third-order valence-electron chi connectivity index (χ3n) is 3.34. The molecule has 5 nitrogen and oxygen atoms in total. The number of halogens is 2. The van der Waals surface area contributed by atoms with Crippen LogP contribution in [0, 0.1) is 6.92 Å². The van der Waals surface area contributed by atoms with Gasteiger partial charge in [0.1, 0.15) is 0 Å². The molecule has 0 atom stereocenters. The first-order valence-electron chi connectivity index (χ1n) is 7.03. The third-order valence-corrected chi connectivity index (χ3v) is 5.70. The zero-order valence-corrected chi connectivity index (χ0v) is 15.2. The largest absolute Gasteiger partial charge is 0.396 e. The molecule has 128 valence electrons. The molecular formula is C16H16Cl2N2O3S. The lowest BCUT2D eigenvalue weighted by Crippen LogP contribution is -2.17. The summed E-state index contributed by atoms with van der Waals surface area (Å²) in [6.07, 6.45) is -0.185. The first-order valence-corrected chi connectivity index (χ1v) is 9.43. The van der Waals surface area contributed by atoms with Gasteiger partial charge < -0.3 is 11.1 Å². The number of nitrogen functional groups attached to an aromatic ring is 1. The summed E-state index contributed by atoms with van der Waals surface area (Å²) in [6.45, 7) is 1.87. The first kappa shape index (κ1) is 18.6. The molecule has 0 aromatic heterocycles. The van der Waals surface area contributed by atoms with Crippen molar-refractivity contribution in [1.29, 1.82) is 0 Å². The predicted octanol–water partition coefficient (Wildman–Crippen LogP) is 3.69. The second-order valence-corrected chi connectivity index (χ2v) is 8.21. The van der Waals surface area contributed by atoms with Crippen molar-refractivity contribution >= 4 is 50.3 Å². The van der Waals surface area contributed by atoms with Crippen molar-refractivity contribution < 1.29 is 13.2 Å². The lowest BCUT2D eigenvalue weighted by Gasteiger charge is -2.09. The van der Waals surface area contributed by atoms with Crippen LogP contribution in [0.1, 0.15) is 12.0 Å². The van der Waals surface area contributed by atoms with E-state index in [-0.39, 0.29) is 32.8 Å². The summed E-state index contributed by atoms with van der Waals surface area (Å²) in [5.74, 6) is -0.749. The molecule has 0 bridgehead atoms. The molecule has 0 aliphatic rings. The van der Waals surface area contributed by atoms with Gasteiger partial charge in [-0.1, -0.05) is 40.9 Å². The highest BCUT2D eigenvalue weighted by molar-refractivity contribution is 7.91. The molecular weight excluding hydrogens is 371 g/mol. The van der Waals surface area contributed by atoms with E-state index < -0.39 is 15.7 Å². The molecule has 8 heteroatoms. The van der Waals surface area contributed by atoms with Gasteiger partial charge >= 0.3 is 0 Å². The number of rotatable bonds is 5. The minimum atomic E-state index is -3.52. The smallest absolute Gasteiger partial charge is 0.225 e. The molecule has 0 saturated heterocycles. The van der Waals surface area contributed by atoms with Crippen LogP contribution in [0.2, 0.25) is 10.0 Å². The molecule has 1 amide bonds. The van der Waals surface area contributed by atoms with Crippen LogP contribution in [0.25, 0.3) is 0 Å². The Hall–Kier alpha value is -1.76. The van der Waals surface area contributed by atoms with E-state index in [4.69, 9.17) is 28.9 Å². The van der Waals surface area contributed by atoms with Crippen LogP contribution in [-0.2, 0) is 14.6 Å². The van der Waals surface area contributed by atoms with Crippen LogP contribution in [0.15, 0.2) is 41.3 Å². The highest BCUT2D eigenvalue weighted by Crippen LogP contribution is 2.31. The highest BCUT2D eigenvalue weighted by atomic mass is 35.5. The molecule has 0 aliphatic carbocycles. The lowest BCUT2D eigenvalue weighted by atomic mass is 10.2. The number of nitrogens with two attached hydrogens (primary N) is 1. The Morgan fingerprint density at radius 1 is 1.12 bits per heavy atom. The number of anilines is 2. The number of nitrogens with one attached hydrogen (secondary N) is 1. The lowest BCUT2D eigenvalue weighted by molar-refractivity contribution is -0.115. The molecule has 0 radical (unpaired) electrons. The minimum absolute atomic E-state index is 0.185. The fourth-order valence-corrected chi connectivity index (χ4v) is 3.70. The maximum absolute atomic E-state index is 12.2. The Labute approximate surface area is 150 Å². The fourth-order valence-electron chi connectivity index (χ4n) is 1.97. The quantitative estimate of drug-likeness (QED) is 0.766. The van der Waals surface area contributed by atoms with E-state index in [2.05, 4.69) is 5.32 Å². The van der Waals surface area contributed by atoms with Gasteiger partial charge in [0.25, 0.3) is 0 Å². The SMILES string of the molecule is Cc1ccc(S(=O)(=O)CCC(=O)Nc2cc(Cl)c(N)c(Cl)c2)cc1. The molecule has 0 spiro atoms. The molecule has 0 saturated carbocycles. The van der Waals surface area contributed by atoms with Gasteiger partial charge in [-0.25, -0.2) is 8.42 Å². The van der Waals surface area contributed by atoms with Gasteiger partial charge in [-0.05, 0) is 31.2 Å². The van der Waals surface area contributed by atoms with Crippen LogP contribution < -0.4 is 11.1 Å². The van der Waals surface area contributed by atoms with Crippen LogP contribution in [0.4, 0.5) is 11.4 Å². The summed E-state index contributed by atoms with van der Waals surface area (Å²) in [5, 5.41) is 2.98. The van der Waals surface area contributed by atoms with E-state index in [9.17, 15) is 13.2 Å². The standard InChI is InChI=1S/C16H16Cl2N2O3S/c1-10-2-4-12(5-3-10)24(22,23)7-6-15(21)20-11-8-13(17)16(19)14(18)9-11/h2-5,8-9H,6-7,19H2,1H3,(H,20,21). The van der Waals surface area contributed by atoms with E-state index in [0.717, 1.165) is 5.56 Å². The first-order chi connectivity index (χ1) is 11.2. The summed E-state index contributed by atoms with van der Waals surface area (Å²) in [4.78, 5) is 12.2. The molecule has 2 aromatic carbocycles. The van der Waals surface area contributed by atoms with Crippen LogP contribution in [0.5, 0.6) is 0 Å². The summed E-state index contributed by atoms with van der Waals surface area (Å²) in [5.41, 5.74) is 7.16.